The van der Waals surface area contributed by atoms with E-state index in [1.54, 1.807) is 6.20 Å². The predicted molar refractivity (Wildman–Crippen MR) is 77.7 cm³/mol. The van der Waals surface area contributed by atoms with Crippen LogP contribution in [0, 0.1) is 0 Å². The van der Waals surface area contributed by atoms with E-state index in [4.69, 9.17) is 0 Å². The molecule has 0 aliphatic rings. The van der Waals surface area contributed by atoms with Crippen molar-refractivity contribution in [1.29, 1.82) is 0 Å². The lowest BCUT2D eigenvalue weighted by Crippen LogP contribution is -2.27. The molecule has 5 nitrogen and oxygen atoms in total. The number of halogens is 1. The summed E-state index contributed by atoms with van der Waals surface area (Å²) in [5.41, 5.74) is 1.03. The van der Waals surface area contributed by atoms with E-state index in [1.807, 2.05) is 25.1 Å². The number of hydrogen-bond donors (Lipinski definition) is 1. The molecule has 0 amide bonds. The summed E-state index contributed by atoms with van der Waals surface area (Å²) < 4.78 is 23.2. The minimum absolute atomic E-state index is 0.125. The summed E-state index contributed by atoms with van der Waals surface area (Å²) in [6.45, 7) is 1.12. The van der Waals surface area contributed by atoms with Crippen LogP contribution in [0.2, 0.25) is 0 Å². The normalized spacial score (nSPS) is 11.6. The van der Waals surface area contributed by atoms with E-state index < -0.39 is 9.84 Å². The fourth-order valence-electron chi connectivity index (χ4n) is 1.55. The van der Waals surface area contributed by atoms with Gasteiger partial charge in [-0.25, -0.2) is 13.4 Å². The van der Waals surface area contributed by atoms with Crippen molar-refractivity contribution in [2.75, 3.05) is 37.5 Å². The van der Waals surface area contributed by atoms with Crippen LogP contribution in [0.15, 0.2) is 16.7 Å². The van der Waals surface area contributed by atoms with Crippen LogP contribution in [0.1, 0.15) is 5.56 Å². The van der Waals surface area contributed by atoms with Crippen LogP contribution in [0.4, 0.5) is 5.82 Å². The number of rotatable bonds is 6. The third-order valence-electron chi connectivity index (χ3n) is 2.44. The maximum Gasteiger partial charge on any atom is 0.149 e. The van der Waals surface area contributed by atoms with Gasteiger partial charge in [-0.1, -0.05) is 0 Å². The van der Waals surface area contributed by atoms with Gasteiger partial charge >= 0.3 is 0 Å². The lowest BCUT2D eigenvalue weighted by atomic mass is 10.2. The van der Waals surface area contributed by atoms with Crippen LogP contribution >= 0.6 is 15.9 Å². The first-order chi connectivity index (χ1) is 8.33. The Morgan fingerprint density at radius 3 is 2.72 bits per heavy atom. The highest BCUT2D eigenvalue weighted by Crippen LogP contribution is 2.20. The van der Waals surface area contributed by atoms with E-state index in [-0.39, 0.29) is 5.75 Å². The number of sulfone groups is 1. The van der Waals surface area contributed by atoms with Crippen LogP contribution < -0.4 is 10.2 Å². The van der Waals surface area contributed by atoms with Crippen molar-refractivity contribution in [3.05, 3.63) is 22.3 Å². The summed E-state index contributed by atoms with van der Waals surface area (Å²) in [7, 11) is 0.755. The molecule has 1 N–H and O–H groups in total. The Labute approximate surface area is 117 Å². The molecule has 0 saturated carbocycles. The second-order valence-electron chi connectivity index (χ2n) is 4.22. The molecule has 1 heterocycles. The quantitative estimate of drug-likeness (QED) is 0.841. The maximum absolute atomic E-state index is 11.2. The predicted octanol–water partition coefficient (Wildman–Crippen LogP) is 1.04. The molecule has 102 valence electrons. The van der Waals surface area contributed by atoms with Crippen molar-refractivity contribution in [3.8, 4) is 0 Å². The summed E-state index contributed by atoms with van der Waals surface area (Å²) >= 11 is 3.38. The van der Waals surface area contributed by atoms with E-state index in [0.29, 0.717) is 13.1 Å². The monoisotopic (exact) mass is 335 g/mol. The summed E-state index contributed by atoms with van der Waals surface area (Å²) in [5, 5.41) is 3.07. The van der Waals surface area contributed by atoms with Gasteiger partial charge in [0.15, 0.2) is 0 Å². The molecule has 0 saturated heterocycles. The van der Waals surface area contributed by atoms with Crippen LogP contribution in [-0.4, -0.2) is 46.1 Å². The van der Waals surface area contributed by atoms with Gasteiger partial charge in [0.1, 0.15) is 15.7 Å². The minimum atomic E-state index is -2.95. The van der Waals surface area contributed by atoms with Crippen LogP contribution in [0.5, 0.6) is 0 Å². The van der Waals surface area contributed by atoms with Gasteiger partial charge in [-0.05, 0) is 29.0 Å². The van der Waals surface area contributed by atoms with E-state index in [2.05, 4.69) is 26.2 Å². The lowest BCUT2D eigenvalue weighted by molar-refractivity contribution is 0.601. The standard InChI is InChI=1S/C11H18BrN3O2S/c1-13-7-9-6-10(12)8-14-11(9)15(2)4-5-18(3,16)17/h6,8,13H,4-5,7H2,1-3H3. The SMILES string of the molecule is CNCc1cc(Br)cnc1N(C)CCS(C)(=O)=O. The molecule has 18 heavy (non-hydrogen) atoms. The highest BCUT2D eigenvalue weighted by atomic mass is 79.9. The Hall–Kier alpha value is -0.660. The first-order valence-corrected chi connectivity index (χ1v) is 8.36. The van der Waals surface area contributed by atoms with Crippen LogP contribution in [0.3, 0.4) is 0 Å². The van der Waals surface area contributed by atoms with Gasteiger partial charge in [-0.2, -0.15) is 0 Å². The summed E-state index contributed by atoms with van der Waals surface area (Å²) in [4.78, 5) is 6.20. The van der Waals surface area contributed by atoms with Crippen molar-refractivity contribution in [1.82, 2.24) is 10.3 Å². The first-order valence-electron chi connectivity index (χ1n) is 5.51. The number of nitrogens with one attached hydrogen (secondary N) is 1. The molecule has 0 spiro atoms. The van der Waals surface area contributed by atoms with Crippen molar-refractivity contribution < 1.29 is 8.42 Å². The Morgan fingerprint density at radius 2 is 2.17 bits per heavy atom. The topological polar surface area (TPSA) is 62.3 Å². The molecule has 7 heteroatoms. The zero-order valence-electron chi connectivity index (χ0n) is 10.8. The Kier molecular flexibility index (Phi) is 5.55. The average molecular weight is 336 g/mol. The van der Waals surface area contributed by atoms with Gasteiger partial charge in [0, 0.05) is 42.6 Å². The smallest absolute Gasteiger partial charge is 0.149 e. The molecule has 0 atom stereocenters. The first kappa shape index (κ1) is 15.4. The van der Waals surface area contributed by atoms with E-state index in [0.717, 1.165) is 15.9 Å². The molecule has 0 unspecified atom stereocenters. The zero-order valence-corrected chi connectivity index (χ0v) is 13.2. The molecular formula is C11H18BrN3O2S. The molecule has 0 fully saturated rings. The molecule has 0 aliphatic carbocycles. The Bertz CT molecular complexity index is 505. The molecule has 0 radical (unpaired) electrons. The number of hydrogen-bond acceptors (Lipinski definition) is 5. The maximum atomic E-state index is 11.2. The second kappa shape index (κ2) is 6.49. The Morgan fingerprint density at radius 1 is 1.50 bits per heavy atom. The number of nitrogens with zero attached hydrogens (tertiary/aromatic N) is 2. The average Bonchev–Trinajstić information content (AvgIpc) is 2.25. The highest BCUT2D eigenvalue weighted by Gasteiger charge is 2.11. The molecule has 1 aromatic rings. The molecular weight excluding hydrogens is 318 g/mol. The van der Waals surface area contributed by atoms with Gasteiger partial charge in [-0.15, -0.1) is 0 Å². The van der Waals surface area contributed by atoms with Gasteiger partial charge in [-0.3, -0.25) is 0 Å². The number of aromatic nitrogens is 1. The second-order valence-corrected chi connectivity index (χ2v) is 7.39. The lowest BCUT2D eigenvalue weighted by Gasteiger charge is -2.21. The molecule has 0 aliphatic heterocycles. The van der Waals surface area contributed by atoms with Crippen molar-refractivity contribution in [2.24, 2.45) is 0 Å². The van der Waals surface area contributed by atoms with Crippen molar-refractivity contribution >= 4 is 31.6 Å². The number of pyridine rings is 1. The van der Waals surface area contributed by atoms with Gasteiger partial charge < -0.3 is 10.2 Å². The fraction of sp³-hybridized carbons (Fsp3) is 0.545. The minimum Gasteiger partial charge on any atom is -0.358 e. The third kappa shape index (κ3) is 4.91. The summed E-state index contributed by atoms with van der Waals surface area (Å²) in [6.07, 6.45) is 2.95. The Balaban J connectivity index is 2.87. The van der Waals surface area contributed by atoms with Gasteiger partial charge in [0.25, 0.3) is 0 Å². The fourth-order valence-corrected chi connectivity index (χ4v) is 2.53. The molecule has 1 rings (SSSR count). The van der Waals surface area contributed by atoms with E-state index in [9.17, 15) is 8.42 Å². The van der Waals surface area contributed by atoms with E-state index in [1.165, 1.54) is 6.26 Å². The van der Waals surface area contributed by atoms with E-state index >= 15 is 0 Å². The summed E-state index contributed by atoms with van der Waals surface area (Å²) in [6, 6.07) is 1.98. The zero-order chi connectivity index (χ0) is 13.8. The highest BCUT2D eigenvalue weighted by molar-refractivity contribution is 9.10. The summed E-state index contributed by atoms with van der Waals surface area (Å²) in [5.74, 6) is 0.927. The van der Waals surface area contributed by atoms with Gasteiger partial charge in [0.05, 0.1) is 5.75 Å². The van der Waals surface area contributed by atoms with Crippen molar-refractivity contribution in [3.63, 3.8) is 0 Å². The van der Waals surface area contributed by atoms with Gasteiger partial charge in [0.2, 0.25) is 0 Å². The largest absolute Gasteiger partial charge is 0.358 e. The number of anilines is 1. The molecule has 0 aromatic carbocycles. The molecule has 0 bridgehead atoms. The van der Waals surface area contributed by atoms with Crippen molar-refractivity contribution in [2.45, 2.75) is 6.54 Å². The third-order valence-corrected chi connectivity index (χ3v) is 3.79. The molecule has 1 aromatic heterocycles. The van der Waals surface area contributed by atoms with Crippen LogP contribution in [-0.2, 0) is 16.4 Å². The van der Waals surface area contributed by atoms with Crippen LogP contribution in [0.25, 0.3) is 0 Å².